The summed E-state index contributed by atoms with van der Waals surface area (Å²) in [6.45, 7) is 9.60. The SMILES string of the molecule is CC(C)C[C@@H](NC(=O)OC(C)(C)C)c1nnc(SCc2ccc(Cl)cc2)o1. The molecule has 0 aliphatic carbocycles. The minimum absolute atomic E-state index is 0.335. The van der Waals surface area contributed by atoms with Crippen molar-refractivity contribution in [2.45, 2.75) is 63.7 Å². The molecule has 0 saturated heterocycles. The summed E-state index contributed by atoms with van der Waals surface area (Å²) in [4.78, 5) is 12.1. The number of alkyl carbamates (subject to hydrolysis) is 1. The Labute approximate surface area is 169 Å². The van der Waals surface area contributed by atoms with Gasteiger partial charge in [-0.05, 0) is 50.8 Å². The molecule has 1 aromatic carbocycles. The van der Waals surface area contributed by atoms with E-state index in [0.717, 1.165) is 5.56 Å². The van der Waals surface area contributed by atoms with E-state index < -0.39 is 17.7 Å². The molecule has 0 bridgehead atoms. The van der Waals surface area contributed by atoms with Crippen LogP contribution < -0.4 is 5.32 Å². The summed E-state index contributed by atoms with van der Waals surface area (Å²) in [5, 5.41) is 12.2. The lowest BCUT2D eigenvalue weighted by atomic mass is 10.0. The Bertz CT molecular complexity index is 741. The van der Waals surface area contributed by atoms with Gasteiger partial charge in [-0.1, -0.05) is 49.3 Å². The number of carbonyl (C=O) groups excluding carboxylic acids is 1. The number of nitrogens with one attached hydrogen (secondary N) is 1. The van der Waals surface area contributed by atoms with E-state index >= 15 is 0 Å². The summed E-state index contributed by atoms with van der Waals surface area (Å²) >= 11 is 7.34. The molecule has 6 nitrogen and oxygen atoms in total. The van der Waals surface area contributed by atoms with E-state index in [-0.39, 0.29) is 0 Å². The van der Waals surface area contributed by atoms with Gasteiger partial charge in [0.2, 0.25) is 5.89 Å². The summed E-state index contributed by atoms with van der Waals surface area (Å²) in [5.74, 6) is 1.41. The summed E-state index contributed by atoms with van der Waals surface area (Å²) in [7, 11) is 0. The third kappa shape index (κ3) is 7.81. The Morgan fingerprint density at radius 3 is 2.52 bits per heavy atom. The van der Waals surface area contributed by atoms with Crippen molar-refractivity contribution in [1.82, 2.24) is 15.5 Å². The van der Waals surface area contributed by atoms with E-state index in [1.165, 1.54) is 11.8 Å². The number of hydrogen-bond donors (Lipinski definition) is 1. The number of aromatic nitrogens is 2. The van der Waals surface area contributed by atoms with E-state index in [2.05, 4.69) is 29.4 Å². The molecule has 1 heterocycles. The average Bonchev–Trinajstić information content (AvgIpc) is 3.00. The minimum atomic E-state index is -0.569. The van der Waals surface area contributed by atoms with Crippen LogP contribution in [0.2, 0.25) is 5.02 Å². The zero-order chi connectivity index (χ0) is 20.0. The average molecular weight is 412 g/mol. The van der Waals surface area contributed by atoms with Crippen molar-refractivity contribution >= 4 is 29.5 Å². The highest BCUT2D eigenvalue weighted by molar-refractivity contribution is 7.98. The van der Waals surface area contributed by atoms with Gasteiger partial charge in [0.05, 0.1) is 0 Å². The van der Waals surface area contributed by atoms with Gasteiger partial charge in [-0.25, -0.2) is 4.79 Å². The number of rotatable bonds is 7. The molecule has 0 radical (unpaired) electrons. The van der Waals surface area contributed by atoms with Crippen molar-refractivity contribution in [3.05, 3.63) is 40.7 Å². The first-order valence-corrected chi connectivity index (χ1v) is 10.2. The molecule has 1 amide bonds. The monoisotopic (exact) mass is 411 g/mol. The van der Waals surface area contributed by atoms with Crippen LogP contribution in [0.3, 0.4) is 0 Å². The van der Waals surface area contributed by atoms with Gasteiger partial charge in [0, 0.05) is 10.8 Å². The lowest BCUT2D eigenvalue weighted by Gasteiger charge is -2.22. The minimum Gasteiger partial charge on any atom is -0.444 e. The number of amides is 1. The third-order valence-corrected chi connectivity index (χ3v) is 4.54. The van der Waals surface area contributed by atoms with Crippen LogP contribution in [0.1, 0.15) is 58.5 Å². The largest absolute Gasteiger partial charge is 0.444 e. The number of benzene rings is 1. The van der Waals surface area contributed by atoms with E-state index in [1.54, 1.807) is 0 Å². The number of nitrogens with zero attached hydrogens (tertiary/aromatic N) is 2. The number of halogens is 1. The highest BCUT2D eigenvalue weighted by atomic mass is 35.5. The first-order valence-electron chi connectivity index (χ1n) is 8.82. The van der Waals surface area contributed by atoms with Gasteiger partial charge in [0.25, 0.3) is 5.22 Å². The predicted octanol–water partition coefficient (Wildman–Crippen LogP) is 5.63. The zero-order valence-corrected chi connectivity index (χ0v) is 17.9. The van der Waals surface area contributed by atoms with Crippen molar-refractivity contribution in [2.75, 3.05) is 0 Å². The molecule has 148 valence electrons. The van der Waals surface area contributed by atoms with E-state index in [9.17, 15) is 4.79 Å². The maximum absolute atomic E-state index is 12.1. The first kappa shape index (κ1) is 21.6. The van der Waals surface area contributed by atoms with Crippen molar-refractivity contribution in [3.8, 4) is 0 Å². The molecule has 8 heteroatoms. The number of ether oxygens (including phenoxy) is 1. The Kier molecular flexibility index (Phi) is 7.56. The molecule has 0 aliphatic rings. The van der Waals surface area contributed by atoms with Gasteiger partial charge < -0.3 is 14.5 Å². The molecule has 0 saturated carbocycles. The molecule has 0 fully saturated rings. The maximum Gasteiger partial charge on any atom is 0.408 e. The zero-order valence-electron chi connectivity index (χ0n) is 16.3. The third-order valence-electron chi connectivity index (χ3n) is 3.39. The lowest BCUT2D eigenvalue weighted by Crippen LogP contribution is -2.35. The Morgan fingerprint density at radius 1 is 1.26 bits per heavy atom. The number of thioether (sulfide) groups is 1. The van der Waals surface area contributed by atoms with Gasteiger partial charge in [-0.15, -0.1) is 10.2 Å². The van der Waals surface area contributed by atoms with E-state index in [4.69, 9.17) is 20.8 Å². The molecule has 1 N–H and O–H groups in total. The van der Waals surface area contributed by atoms with Crippen LogP contribution in [0.15, 0.2) is 33.9 Å². The molecule has 1 aromatic heterocycles. The van der Waals surface area contributed by atoms with Crippen molar-refractivity contribution in [3.63, 3.8) is 0 Å². The van der Waals surface area contributed by atoms with Crippen molar-refractivity contribution < 1.29 is 13.9 Å². The van der Waals surface area contributed by atoms with Gasteiger partial charge in [-0.3, -0.25) is 0 Å². The molecule has 0 spiro atoms. The summed E-state index contributed by atoms with van der Waals surface area (Å²) in [5.41, 5.74) is 0.538. The second kappa shape index (κ2) is 9.46. The molecular weight excluding hydrogens is 386 g/mol. The molecule has 2 rings (SSSR count). The van der Waals surface area contributed by atoms with E-state index in [0.29, 0.717) is 34.2 Å². The Hall–Kier alpha value is -1.73. The molecular formula is C19H26ClN3O3S. The normalized spacial score (nSPS) is 12.9. The molecule has 0 unspecified atom stereocenters. The topological polar surface area (TPSA) is 77.2 Å². The summed E-state index contributed by atoms with van der Waals surface area (Å²) < 4.78 is 11.1. The summed E-state index contributed by atoms with van der Waals surface area (Å²) in [6, 6.07) is 7.22. The van der Waals surface area contributed by atoms with Crippen LogP contribution in [0.4, 0.5) is 4.79 Å². The fourth-order valence-electron chi connectivity index (χ4n) is 2.29. The van der Waals surface area contributed by atoms with Crippen molar-refractivity contribution in [1.29, 1.82) is 0 Å². The van der Waals surface area contributed by atoms with Crippen LogP contribution in [0.5, 0.6) is 0 Å². The first-order chi connectivity index (χ1) is 12.6. The highest BCUT2D eigenvalue weighted by Gasteiger charge is 2.25. The second-order valence-corrected chi connectivity index (χ2v) is 9.01. The van der Waals surface area contributed by atoms with Crippen LogP contribution in [0, 0.1) is 5.92 Å². The lowest BCUT2D eigenvalue weighted by molar-refractivity contribution is 0.0487. The van der Waals surface area contributed by atoms with Crippen LogP contribution in [0.25, 0.3) is 0 Å². The quantitative estimate of drug-likeness (QED) is 0.595. The standard InChI is InChI=1S/C19H26ClN3O3S/c1-12(2)10-15(21-17(24)26-19(3,4)5)16-22-23-18(25-16)27-11-13-6-8-14(20)9-7-13/h6-9,12,15H,10-11H2,1-5H3,(H,21,24)/t15-/m1/s1. The van der Waals surface area contributed by atoms with Crippen LogP contribution in [-0.2, 0) is 10.5 Å². The van der Waals surface area contributed by atoms with E-state index in [1.807, 2.05) is 45.0 Å². The second-order valence-electron chi connectivity index (χ2n) is 7.65. The van der Waals surface area contributed by atoms with Crippen LogP contribution in [-0.4, -0.2) is 21.9 Å². The fourth-order valence-corrected chi connectivity index (χ4v) is 3.14. The van der Waals surface area contributed by atoms with Gasteiger partial charge in [-0.2, -0.15) is 0 Å². The smallest absolute Gasteiger partial charge is 0.408 e. The molecule has 2 aromatic rings. The molecule has 1 atom stereocenters. The Morgan fingerprint density at radius 2 is 1.93 bits per heavy atom. The number of hydrogen-bond acceptors (Lipinski definition) is 6. The maximum atomic E-state index is 12.1. The summed E-state index contributed by atoms with van der Waals surface area (Å²) in [6.07, 6.45) is 0.171. The molecule has 27 heavy (non-hydrogen) atoms. The predicted molar refractivity (Wildman–Crippen MR) is 107 cm³/mol. The number of carbonyl (C=O) groups is 1. The van der Waals surface area contributed by atoms with Gasteiger partial charge >= 0.3 is 6.09 Å². The Balaban J connectivity index is 2.01. The van der Waals surface area contributed by atoms with Crippen LogP contribution >= 0.6 is 23.4 Å². The molecule has 0 aliphatic heterocycles. The van der Waals surface area contributed by atoms with Gasteiger partial charge in [0.15, 0.2) is 0 Å². The highest BCUT2D eigenvalue weighted by Crippen LogP contribution is 2.27. The van der Waals surface area contributed by atoms with Crippen molar-refractivity contribution in [2.24, 2.45) is 5.92 Å². The van der Waals surface area contributed by atoms with Gasteiger partial charge in [0.1, 0.15) is 11.6 Å². The fraction of sp³-hybridized carbons (Fsp3) is 0.526.